The highest BCUT2D eigenvalue weighted by Gasteiger charge is 2.42. The van der Waals surface area contributed by atoms with E-state index in [1.807, 2.05) is 0 Å². The van der Waals surface area contributed by atoms with Crippen molar-refractivity contribution < 1.29 is 29.7 Å². The minimum absolute atomic E-state index is 0.815. The quantitative estimate of drug-likeness (QED) is 0.561. The predicted molar refractivity (Wildman–Crippen MR) is 49.2 cm³/mol. The molecule has 0 fully saturated rings. The van der Waals surface area contributed by atoms with Crippen molar-refractivity contribution in [2.75, 3.05) is 0 Å². The summed E-state index contributed by atoms with van der Waals surface area (Å²) in [5, 5.41) is 26.2. The van der Waals surface area contributed by atoms with Crippen LogP contribution in [-0.2, 0) is 14.4 Å². The summed E-state index contributed by atoms with van der Waals surface area (Å²) < 4.78 is 0. The molecule has 0 aliphatic heterocycles. The predicted octanol–water partition coefficient (Wildman–Crippen LogP) is -0.252. The largest absolute Gasteiger partial charge is 0.481 e. The van der Waals surface area contributed by atoms with E-state index in [0.717, 1.165) is 0 Å². The van der Waals surface area contributed by atoms with Gasteiger partial charge in [-0.2, -0.15) is 0 Å². The van der Waals surface area contributed by atoms with Crippen LogP contribution in [0, 0.1) is 11.3 Å². The van der Waals surface area contributed by atoms with Crippen molar-refractivity contribution in [3.05, 3.63) is 0 Å². The first kappa shape index (κ1) is 13.6. The fourth-order valence-electron chi connectivity index (χ4n) is 1.000. The Bertz CT molecular complexity index is 287. The van der Waals surface area contributed by atoms with Crippen LogP contribution in [0.5, 0.6) is 0 Å². The van der Waals surface area contributed by atoms with E-state index in [1.54, 1.807) is 0 Å². The monoisotopic (exact) mass is 218 g/mol. The number of Topliss-reactive ketones (excluding diaryl/α,β-unsaturated/α-hetero) is 1. The number of aliphatic carboxylic acids is 2. The van der Waals surface area contributed by atoms with Crippen LogP contribution in [0.3, 0.4) is 0 Å². The number of carbonyl (C=O) groups is 3. The number of rotatable bonds is 4. The zero-order valence-corrected chi connectivity index (χ0v) is 8.72. The van der Waals surface area contributed by atoms with Gasteiger partial charge in [-0.3, -0.25) is 9.59 Å². The molecule has 0 spiro atoms. The van der Waals surface area contributed by atoms with Crippen molar-refractivity contribution >= 4 is 17.7 Å². The molecular formula is C9H14O6. The highest BCUT2D eigenvalue weighted by Crippen LogP contribution is 2.22. The third kappa shape index (κ3) is 3.32. The maximum absolute atomic E-state index is 11.5. The number of carboxylic acids is 2. The van der Waals surface area contributed by atoms with Crippen molar-refractivity contribution in [1.82, 2.24) is 0 Å². The number of hydrogen-bond donors (Lipinski definition) is 3. The molecule has 6 nitrogen and oxygen atoms in total. The molecule has 0 aliphatic rings. The second kappa shape index (κ2) is 4.39. The van der Waals surface area contributed by atoms with Crippen LogP contribution >= 0.6 is 0 Å². The first-order chi connectivity index (χ1) is 6.59. The third-order valence-corrected chi connectivity index (χ3v) is 1.86. The van der Waals surface area contributed by atoms with Gasteiger partial charge in [-0.05, 0) is 0 Å². The maximum Gasteiger partial charge on any atom is 0.333 e. The van der Waals surface area contributed by atoms with E-state index >= 15 is 0 Å². The van der Waals surface area contributed by atoms with E-state index in [9.17, 15) is 14.4 Å². The molecule has 0 radical (unpaired) electrons. The first-order valence-electron chi connectivity index (χ1n) is 4.27. The normalized spacial score (nSPS) is 15.5. The molecular weight excluding hydrogens is 204 g/mol. The van der Waals surface area contributed by atoms with Crippen molar-refractivity contribution in [3.63, 3.8) is 0 Å². The van der Waals surface area contributed by atoms with Gasteiger partial charge in [0.25, 0.3) is 0 Å². The van der Waals surface area contributed by atoms with Crippen LogP contribution in [0.15, 0.2) is 0 Å². The van der Waals surface area contributed by atoms with E-state index in [1.165, 1.54) is 20.8 Å². The minimum Gasteiger partial charge on any atom is -0.481 e. The van der Waals surface area contributed by atoms with Gasteiger partial charge in [0.05, 0.1) is 0 Å². The molecule has 15 heavy (non-hydrogen) atoms. The van der Waals surface area contributed by atoms with E-state index < -0.39 is 35.2 Å². The van der Waals surface area contributed by atoms with E-state index in [2.05, 4.69) is 0 Å². The van der Waals surface area contributed by atoms with Crippen LogP contribution in [0.25, 0.3) is 0 Å². The number of carboxylic acid groups (broad SMARTS) is 2. The summed E-state index contributed by atoms with van der Waals surface area (Å²) in [4.78, 5) is 32.6. The first-order valence-corrected chi connectivity index (χ1v) is 4.27. The van der Waals surface area contributed by atoms with Gasteiger partial charge in [0.1, 0.15) is 0 Å². The summed E-state index contributed by atoms with van der Waals surface area (Å²) in [5.41, 5.74) is -1.01. The van der Waals surface area contributed by atoms with Gasteiger partial charge in [0, 0.05) is 5.41 Å². The molecule has 0 aromatic carbocycles. The topological polar surface area (TPSA) is 112 Å². The number of aliphatic hydroxyl groups excluding tert-OH is 1. The lowest BCUT2D eigenvalue weighted by molar-refractivity contribution is -0.164. The van der Waals surface area contributed by atoms with Gasteiger partial charge < -0.3 is 15.3 Å². The van der Waals surface area contributed by atoms with E-state index in [4.69, 9.17) is 15.3 Å². The van der Waals surface area contributed by atoms with E-state index in [-0.39, 0.29) is 0 Å². The molecule has 86 valence electrons. The number of carbonyl (C=O) groups excluding carboxylic acids is 1. The van der Waals surface area contributed by atoms with E-state index in [0.29, 0.717) is 0 Å². The molecule has 0 amide bonds. The number of aliphatic hydroxyl groups is 1. The summed E-state index contributed by atoms with van der Waals surface area (Å²) in [6.45, 7) is 4.37. The lowest BCUT2D eigenvalue weighted by Gasteiger charge is -2.23. The standard InChI is InChI=1S/C9H14O6/c1-9(2,3)6(11)4(7(12)13)5(10)8(14)15/h4-5,10H,1-3H3,(H,12,13)(H,14,15). The fraction of sp³-hybridized carbons (Fsp3) is 0.667. The number of ketones is 1. The van der Waals surface area contributed by atoms with Gasteiger partial charge in [-0.15, -0.1) is 0 Å². The zero-order valence-electron chi connectivity index (χ0n) is 8.72. The van der Waals surface area contributed by atoms with Crippen LogP contribution in [-0.4, -0.2) is 39.1 Å². The van der Waals surface area contributed by atoms with Gasteiger partial charge >= 0.3 is 11.9 Å². The molecule has 0 bridgehead atoms. The van der Waals surface area contributed by atoms with Gasteiger partial charge in [0.15, 0.2) is 17.8 Å². The molecule has 0 saturated heterocycles. The lowest BCUT2D eigenvalue weighted by atomic mass is 9.80. The van der Waals surface area contributed by atoms with Crippen molar-refractivity contribution in [2.45, 2.75) is 26.9 Å². The summed E-state index contributed by atoms with van der Waals surface area (Å²) in [7, 11) is 0. The Morgan fingerprint density at radius 1 is 1.00 bits per heavy atom. The van der Waals surface area contributed by atoms with Crippen molar-refractivity contribution in [2.24, 2.45) is 11.3 Å². The molecule has 0 heterocycles. The van der Waals surface area contributed by atoms with Crippen LogP contribution in [0.4, 0.5) is 0 Å². The molecule has 2 unspecified atom stereocenters. The Kier molecular flexibility index (Phi) is 3.97. The molecule has 3 N–H and O–H groups in total. The molecule has 0 aromatic heterocycles. The van der Waals surface area contributed by atoms with Crippen molar-refractivity contribution in [1.29, 1.82) is 0 Å². The van der Waals surface area contributed by atoms with Crippen LogP contribution in [0.2, 0.25) is 0 Å². The lowest BCUT2D eigenvalue weighted by Crippen LogP contribution is -2.44. The Balaban J connectivity index is 5.09. The molecule has 0 aliphatic carbocycles. The summed E-state index contributed by atoms with van der Waals surface area (Å²) in [6.07, 6.45) is -2.21. The Hall–Kier alpha value is -1.43. The van der Waals surface area contributed by atoms with Gasteiger partial charge in [-0.1, -0.05) is 20.8 Å². The van der Waals surface area contributed by atoms with Gasteiger partial charge in [0.2, 0.25) is 0 Å². The Morgan fingerprint density at radius 2 is 1.40 bits per heavy atom. The number of hydrogen-bond acceptors (Lipinski definition) is 4. The Morgan fingerprint density at radius 3 is 1.60 bits per heavy atom. The molecule has 6 heteroatoms. The summed E-state index contributed by atoms with van der Waals surface area (Å²) in [5.74, 6) is -6.10. The van der Waals surface area contributed by atoms with Crippen LogP contribution in [0.1, 0.15) is 20.8 Å². The second-order valence-corrected chi connectivity index (χ2v) is 4.21. The van der Waals surface area contributed by atoms with Gasteiger partial charge in [-0.25, -0.2) is 4.79 Å². The average Bonchev–Trinajstić information content (AvgIpc) is 2.01. The summed E-state index contributed by atoms with van der Waals surface area (Å²) in [6, 6.07) is 0. The zero-order chi connectivity index (χ0) is 12.4. The summed E-state index contributed by atoms with van der Waals surface area (Å²) >= 11 is 0. The molecule has 0 saturated carbocycles. The van der Waals surface area contributed by atoms with Crippen molar-refractivity contribution in [3.8, 4) is 0 Å². The molecule has 0 rings (SSSR count). The highest BCUT2D eigenvalue weighted by atomic mass is 16.4. The van der Waals surface area contributed by atoms with Crippen LogP contribution < -0.4 is 0 Å². The maximum atomic E-state index is 11.5. The molecule has 2 atom stereocenters. The molecule has 0 aromatic rings. The SMILES string of the molecule is CC(C)(C)C(=O)C(C(=O)O)C(O)C(=O)O. The Labute approximate surface area is 86.5 Å². The highest BCUT2D eigenvalue weighted by molar-refractivity contribution is 6.04. The smallest absolute Gasteiger partial charge is 0.333 e. The minimum atomic E-state index is -2.21. The third-order valence-electron chi connectivity index (χ3n) is 1.86. The fourth-order valence-corrected chi connectivity index (χ4v) is 1.000. The average molecular weight is 218 g/mol. The second-order valence-electron chi connectivity index (χ2n) is 4.21.